The molecule has 0 aliphatic carbocycles. The van der Waals surface area contributed by atoms with Crippen LogP contribution in [0.1, 0.15) is 19.8 Å². The number of fused-ring (bicyclic) bond motifs is 1. The summed E-state index contributed by atoms with van der Waals surface area (Å²) in [4.78, 5) is 11.2. The molecule has 0 bridgehead atoms. The van der Waals surface area contributed by atoms with Crippen LogP contribution in [0.3, 0.4) is 0 Å². The van der Waals surface area contributed by atoms with Gasteiger partial charge >= 0.3 is 5.63 Å². The monoisotopic (exact) mass is 436 g/mol. The maximum atomic E-state index is 12.7. The van der Waals surface area contributed by atoms with Crippen molar-refractivity contribution >= 4 is 36.7 Å². The van der Waals surface area contributed by atoms with Crippen LogP contribution in [-0.2, 0) is 20.0 Å². The zero-order chi connectivity index (χ0) is 21.1. The predicted molar refractivity (Wildman–Crippen MR) is 110 cm³/mol. The Bertz CT molecular complexity index is 1300. The topological polar surface area (TPSA) is 123 Å². The van der Waals surface area contributed by atoms with Gasteiger partial charge in [-0.05, 0) is 48.9 Å². The molecule has 0 fully saturated rings. The standard InChI is InChI=1S/C19H20N2O6S2/c1-2-3-11-20-28(23,24)16-6-4-5-15(13-16)21-29(25,26)17-8-9-18-14(12-17)7-10-19(22)27-18/h4-10,12-13,20-21H,2-3,11H2,1H3. The van der Waals surface area contributed by atoms with Crippen LogP contribution >= 0.6 is 0 Å². The molecule has 2 N–H and O–H groups in total. The van der Waals surface area contributed by atoms with E-state index in [1.54, 1.807) is 0 Å². The van der Waals surface area contributed by atoms with Gasteiger partial charge < -0.3 is 4.42 Å². The Kier molecular flexibility index (Phi) is 6.06. The lowest BCUT2D eigenvalue weighted by Gasteiger charge is -2.11. The molecule has 1 heterocycles. The van der Waals surface area contributed by atoms with Gasteiger partial charge in [-0.1, -0.05) is 19.4 Å². The first-order valence-electron chi connectivity index (χ1n) is 8.88. The second-order valence-corrected chi connectivity index (χ2v) is 9.79. The maximum absolute atomic E-state index is 12.7. The van der Waals surface area contributed by atoms with Gasteiger partial charge in [0.25, 0.3) is 10.0 Å². The highest BCUT2D eigenvalue weighted by molar-refractivity contribution is 7.92. The van der Waals surface area contributed by atoms with E-state index in [1.165, 1.54) is 54.6 Å². The number of unbranched alkanes of at least 4 members (excludes halogenated alkanes) is 1. The number of hydrogen-bond donors (Lipinski definition) is 2. The minimum atomic E-state index is -3.98. The molecule has 0 amide bonds. The summed E-state index contributed by atoms with van der Waals surface area (Å²) in [6.07, 6.45) is 1.55. The minimum absolute atomic E-state index is 0.0333. The second kappa shape index (κ2) is 8.36. The summed E-state index contributed by atoms with van der Waals surface area (Å²) in [6, 6.07) is 12.3. The third kappa shape index (κ3) is 5.03. The van der Waals surface area contributed by atoms with Gasteiger partial charge in [-0.2, -0.15) is 0 Å². The SMILES string of the molecule is CCCCNS(=O)(=O)c1cccc(NS(=O)(=O)c2ccc3oc(=O)ccc3c2)c1. The van der Waals surface area contributed by atoms with Crippen molar-refractivity contribution in [2.45, 2.75) is 29.6 Å². The molecular formula is C19H20N2O6S2. The molecule has 154 valence electrons. The zero-order valence-electron chi connectivity index (χ0n) is 15.6. The number of benzene rings is 2. The molecule has 0 spiro atoms. The zero-order valence-corrected chi connectivity index (χ0v) is 17.2. The Morgan fingerprint density at radius 2 is 1.66 bits per heavy atom. The molecule has 0 radical (unpaired) electrons. The van der Waals surface area contributed by atoms with Crippen LogP contribution in [0.15, 0.2) is 73.6 Å². The number of hydrogen-bond acceptors (Lipinski definition) is 6. The maximum Gasteiger partial charge on any atom is 0.336 e. The van der Waals surface area contributed by atoms with E-state index in [1.807, 2.05) is 6.92 Å². The van der Waals surface area contributed by atoms with Crippen LogP contribution < -0.4 is 15.1 Å². The highest BCUT2D eigenvalue weighted by Gasteiger charge is 2.18. The molecule has 3 aromatic rings. The molecule has 29 heavy (non-hydrogen) atoms. The van der Waals surface area contributed by atoms with E-state index in [0.29, 0.717) is 18.4 Å². The van der Waals surface area contributed by atoms with Crippen LogP contribution in [0.2, 0.25) is 0 Å². The first-order chi connectivity index (χ1) is 13.7. The van der Waals surface area contributed by atoms with Crippen molar-refractivity contribution in [2.24, 2.45) is 0 Å². The van der Waals surface area contributed by atoms with Crippen molar-refractivity contribution in [3.05, 3.63) is 65.0 Å². The Balaban J connectivity index is 1.87. The average molecular weight is 437 g/mol. The fourth-order valence-corrected chi connectivity index (χ4v) is 4.83. The highest BCUT2D eigenvalue weighted by atomic mass is 32.2. The normalized spacial score (nSPS) is 12.2. The van der Waals surface area contributed by atoms with Crippen molar-refractivity contribution in [2.75, 3.05) is 11.3 Å². The summed E-state index contributed by atoms with van der Waals surface area (Å²) in [7, 11) is -7.72. The molecule has 2 aromatic carbocycles. The Morgan fingerprint density at radius 3 is 2.41 bits per heavy atom. The van der Waals surface area contributed by atoms with Gasteiger partial charge in [0.2, 0.25) is 10.0 Å². The number of sulfonamides is 2. The van der Waals surface area contributed by atoms with E-state index in [4.69, 9.17) is 4.42 Å². The van der Waals surface area contributed by atoms with Crippen molar-refractivity contribution in [1.29, 1.82) is 0 Å². The number of rotatable bonds is 8. The van der Waals surface area contributed by atoms with Crippen molar-refractivity contribution in [3.8, 4) is 0 Å². The Morgan fingerprint density at radius 1 is 0.897 bits per heavy atom. The summed E-state index contributed by atoms with van der Waals surface area (Å²) in [5, 5.41) is 0.448. The summed E-state index contributed by atoms with van der Waals surface area (Å²) in [5.74, 6) is 0. The Labute approximate surface area is 168 Å². The second-order valence-electron chi connectivity index (χ2n) is 6.34. The lowest BCUT2D eigenvalue weighted by atomic mass is 10.2. The van der Waals surface area contributed by atoms with Gasteiger partial charge in [0.1, 0.15) is 5.58 Å². The van der Waals surface area contributed by atoms with Gasteiger partial charge in [0, 0.05) is 18.0 Å². The number of anilines is 1. The van der Waals surface area contributed by atoms with Crippen LogP contribution in [0.5, 0.6) is 0 Å². The summed E-state index contributed by atoms with van der Waals surface area (Å²) < 4.78 is 60.0. The van der Waals surface area contributed by atoms with E-state index in [-0.39, 0.29) is 21.1 Å². The van der Waals surface area contributed by atoms with Crippen LogP contribution in [-0.4, -0.2) is 23.4 Å². The van der Waals surface area contributed by atoms with Gasteiger partial charge in [-0.3, -0.25) is 4.72 Å². The van der Waals surface area contributed by atoms with Crippen LogP contribution in [0.25, 0.3) is 11.0 Å². The average Bonchev–Trinajstić information content (AvgIpc) is 2.67. The predicted octanol–water partition coefficient (Wildman–Crippen LogP) is 2.67. The summed E-state index contributed by atoms with van der Waals surface area (Å²) in [5.41, 5.74) is -0.150. The summed E-state index contributed by atoms with van der Waals surface area (Å²) in [6.45, 7) is 2.26. The minimum Gasteiger partial charge on any atom is -0.423 e. The van der Waals surface area contributed by atoms with Crippen molar-refractivity contribution < 1.29 is 21.3 Å². The first-order valence-corrected chi connectivity index (χ1v) is 11.8. The number of nitrogens with one attached hydrogen (secondary N) is 2. The molecule has 0 aliphatic rings. The van der Waals surface area contributed by atoms with Gasteiger partial charge in [-0.15, -0.1) is 0 Å². The molecule has 1 aromatic heterocycles. The molecule has 10 heteroatoms. The highest BCUT2D eigenvalue weighted by Crippen LogP contribution is 2.22. The lowest BCUT2D eigenvalue weighted by molar-refractivity contribution is 0.560. The molecule has 0 aliphatic heterocycles. The van der Waals surface area contributed by atoms with Gasteiger partial charge in [-0.25, -0.2) is 26.4 Å². The molecule has 0 saturated heterocycles. The smallest absolute Gasteiger partial charge is 0.336 e. The molecule has 8 nitrogen and oxygen atoms in total. The molecule has 0 saturated carbocycles. The van der Waals surface area contributed by atoms with E-state index in [0.717, 1.165) is 6.42 Å². The molecular weight excluding hydrogens is 416 g/mol. The fraction of sp³-hybridized carbons (Fsp3) is 0.211. The lowest BCUT2D eigenvalue weighted by Crippen LogP contribution is -2.24. The molecule has 3 rings (SSSR count). The van der Waals surface area contributed by atoms with Crippen molar-refractivity contribution in [3.63, 3.8) is 0 Å². The quantitative estimate of drug-likeness (QED) is 0.413. The van der Waals surface area contributed by atoms with Crippen LogP contribution in [0, 0.1) is 0 Å². The van der Waals surface area contributed by atoms with Crippen LogP contribution in [0.4, 0.5) is 5.69 Å². The third-order valence-corrected chi connectivity index (χ3v) is 6.96. The Hall–Kier alpha value is -2.69. The third-order valence-electron chi connectivity index (χ3n) is 4.12. The largest absolute Gasteiger partial charge is 0.423 e. The first kappa shape index (κ1) is 21.0. The van der Waals surface area contributed by atoms with Gasteiger partial charge in [0.15, 0.2) is 0 Å². The van der Waals surface area contributed by atoms with E-state index >= 15 is 0 Å². The van der Waals surface area contributed by atoms with E-state index in [9.17, 15) is 21.6 Å². The van der Waals surface area contributed by atoms with Crippen molar-refractivity contribution in [1.82, 2.24) is 4.72 Å². The fourth-order valence-electron chi connectivity index (χ4n) is 2.62. The van der Waals surface area contributed by atoms with E-state index in [2.05, 4.69) is 9.44 Å². The van der Waals surface area contributed by atoms with E-state index < -0.39 is 25.7 Å². The summed E-state index contributed by atoms with van der Waals surface area (Å²) >= 11 is 0. The molecule has 0 atom stereocenters. The molecule has 0 unspecified atom stereocenters. The van der Waals surface area contributed by atoms with Gasteiger partial charge in [0.05, 0.1) is 15.5 Å².